The minimum Gasteiger partial charge on any atom is -0.323 e. The molecule has 1 spiro atoms. The van der Waals surface area contributed by atoms with Crippen molar-refractivity contribution in [1.82, 2.24) is 20.0 Å². The van der Waals surface area contributed by atoms with Gasteiger partial charge in [-0.3, -0.25) is 9.69 Å². The number of urea groups is 1. The standard InChI is InChI=1S/C20H23ClN4O2/c1-13-8-6-7-11-20(13)18(26)24(19(27)22-20)12-16-14(2)23-25(17(16)21)15-9-4-3-5-10-15/h3-5,9-10,13H,6-8,11-12H2,1-2H3,(H,22,27)/t13-,20-/m1/s1. The fourth-order valence-corrected chi connectivity index (χ4v) is 4.58. The predicted octanol–water partition coefficient (Wildman–Crippen LogP) is 3.83. The summed E-state index contributed by atoms with van der Waals surface area (Å²) in [7, 11) is 0. The third-order valence-electron chi connectivity index (χ3n) is 5.94. The van der Waals surface area contributed by atoms with E-state index in [9.17, 15) is 9.59 Å². The molecular weight excluding hydrogens is 364 g/mol. The number of halogens is 1. The summed E-state index contributed by atoms with van der Waals surface area (Å²) in [6.07, 6.45) is 3.70. The van der Waals surface area contributed by atoms with E-state index in [4.69, 9.17) is 11.6 Å². The molecule has 4 rings (SSSR count). The van der Waals surface area contributed by atoms with E-state index in [1.165, 1.54) is 4.90 Å². The lowest BCUT2D eigenvalue weighted by molar-refractivity contribution is -0.134. The first-order valence-corrected chi connectivity index (χ1v) is 9.75. The highest BCUT2D eigenvalue weighted by Crippen LogP contribution is 2.39. The zero-order valence-electron chi connectivity index (χ0n) is 15.5. The van der Waals surface area contributed by atoms with Crippen LogP contribution in [0.4, 0.5) is 4.79 Å². The maximum Gasteiger partial charge on any atom is 0.325 e. The van der Waals surface area contributed by atoms with Crippen LogP contribution in [0.5, 0.6) is 0 Å². The van der Waals surface area contributed by atoms with Gasteiger partial charge in [0, 0.05) is 5.56 Å². The zero-order valence-corrected chi connectivity index (χ0v) is 16.3. The van der Waals surface area contributed by atoms with Gasteiger partial charge in [0.25, 0.3) is 5.91 Å². The van der Waals surface area contributed by atoms with Crippen LogP contribution in [0.3, 0.4) is 0 Å². The predicted molar refractivity (Wildman–Crippen MR) is 103 cm³/mol. The molecule has 2 heterocycles. The molecule has 1 aliphatic carbocycles. The lowest BCUT2D eigenvalue weighted by Gasteiger charge is -2.36. The van der Waals surface area contributed by atoms with E-state index < -0.39 is 5.54 Å². The van der Waals surface area contributed by atoms with Crippen LogP contribution in [-0.2, 0) is 11.3 Å². The first-order chi connectivity index (χ1) is 12.9. The highest BCUT2D eigenvalue weighted by molar-refractivity contribution is 6.30. The van der Waals surface area contributed by atoms with Crippen molar-refractivity contribution in [3.8, 4) is 5.69 Å². The van der Waals surface area contributed by atoms with Gasteiger partial charge in [0.1, 0.15) is 10.7 Å². The molecule has 0 bridgehead atoms. The van der Waals surface area contributed by atoms with Gasteiger partial charge in [-0.05, 0) is 37.8 Å². The topological polar surface area (TPSA) is 67.2 Å². The number of benzene rings is 1. The van der Waals surface area contributed by atoms with Crippen LogP contribution in [0.1, 0.15) is 43.9 Å². The molecule has 2 aliphatic rings. The third-order valence-corrected chi connectivity index (χ3v) is 6.33. The number of rotatable bonds is 3. The Balaban J connectivity index is 1.64. The Morgan fingerprint density at radius 2 is 2.00 bits per heavy atom. The normalized spacial score (nSPS) is 25.3. The van der Waals surface area contributed by atoms with E-state index in [1.807, 2.05) is 44.2 Å². The average Bonchev–Trinajstić information content (AvgIpc) is 3.08. The third kappa shape index (κ3) is 2.83. The summed E-state index contributed by atoms with van der Waals surface area (Å²) < 4.78 is 1.64. The summed E-state index contributed by atoms with van der Waals surface area (Å²) >= 11 is 6.57. The van der Waals surface area contributed by atoms with Gasteiger partial charge in [0.2, 0.25) is 0 Å². The number of aryl methyl sites for hydroxylation is 1. The number of nitrogens with zero attached hydrogens (tertiary/aromatic N) is 3. The van der Waals surface area contributed by atoms with Crippen molar-refractivity contribution in [2.75, 3.05) is 0 Å². The summed E-state index contributed by atoms with van der Waals surface area (Å²) in [5.41, 5.74) is 1.49. The minimum atomic E-state index is -0.759. The molecule has 7 heteroatoms. The highest BCUT2D eigenvalue weighted by atomic mass is 35.5. The largest absolute Gasteiger partial charge is 0.325 e. The molecule has 0 radical (unpaired) electrons. The number of carbonyl (C=O) groups is 2. The summed E-state index contributed by atoms with van der Waals surface area (Å²) in [5, 5.41) is 7.92. The second-order valence-electron chi connectivity index (χ2n) is 7.54. The maximum absolute atomic E-state index is 13.2. The van der Waals surface area contributed by atoms with Crippen molar-refractivity contribution < 1.29 is 9.59 Å². The summed E-state index contributed by atoms with van der Waals surface area (Å²) in [5.74, 6) is -0.000983. The maximum atomic E-state index is 13.2. The van der Waals surface area contributed by atoms with Crippen LogP contribution in [-0.4, -0.2) is 32.2 Å². The number of imide groups is 1. The van der Waals surface area contributed by atoms with E-state index in [2.05, 4.69) is 10.4 Å². The van der Waals surface area contributed by atoms with E-state index >= 15 is 0 Å². The molecule has 1 saturated heterocycles. The first kappa shape index (κ1) is 18.0. The Morgan fingerprint density at radius 1 is 1.26 bits per heavy atom. The number of nitrogens with one attached hydrogen (secondary N) is 1. The smallest absolute Gasteiger partial charge is 0.323 e. The molecule has 27 heavy (non-hydrogen) atoms. The fourth-order valence-electron chi connectivity index (χ4n) is 4.25. The Morgan fingerprint density at radius 3 is 2.70 bits per heavy atom. The molecule has 2 fully saturated rings. The molecule has 3 amide bonds. The number of hydrogen-bond acceptors (Lipinski definition) is 3. The van der Waals surface area contributed by atoms with Crippen LogP contribution in [0.25, 0.3) is 5.69 Å². The number of para-hydroxylation sites is 1. The second kappa shape index (κ2) is 6.68. The van der Waals surface area contributed by atoms with Crippen molar-refractivity contribution in [3.05, 3.63) is 46.7 Å². The summed E-state index contributed by atoms with van der Waals surface area (Å²) in [6.45, 7) is 4.03. The van der Waals surface area contributed by atoms with E-state index in [1.54, 1.807) is 4.68 Å². The minimum absolute atomic E-state index is 0.135. The SMILES string of the molecule is Cc1nn(-c2ccccc2)c(Cl)c1CN1C(=O)N[C@@]2(CCCC[C@H]2C)C1=O. The summed E-state index contributed by atoms with van der Waals surface area (Å²) in [4.78, 5) is 27.1. The quantitative estimate of drug-likeness (QED) is 0.815. The van der Waals surface area contributed by atoms with Crippen LogP contribution in [0.2, 0.25) is 5.15 Å². The van der Waals surface area contributed by atoms with Crippen molar-refractivity contribution in [1.29, 1.82) is 0 Å². The molecule has 1 saturated carbocycles. The highest BCUT2D eigenvalue weighted by Gasteiger charge is 2.54. The Bertz CT molecular complexity index is 895. The molecule has 2 aromatic rings. The van der Waals surface area contributed by atoms with E-state index in [0.717, 1.165) is 24.9 Å². The van der Waals surface area contributed by atoms with Crippen LogP contribution < -0.4 is 5.32 Å². The number of aromatic nitrogens is 2. The molecule has 1 aliphatic heterocycles. The van der Waals surface area contributed by atoms with Crippen LogP contribution in [0.15, 0.2) is 30.3 Å². The average molecular weight is 387 g/mol. The van der Waals surface area contributed by atoms with Gasteiger partial charge >= 0.3 is 6.03 Å². The lowest BCUT2D eigenvalue weighted by atomic mass is 9.73. The molecule has 6 nitrogen and oxygen atoms in total. The van der Waals surface area contributed by atoms with Crippen molar-refractivity contribution in [3.63, 3.8) is 0 Å². The van der Waals surface area contributed by atoms with Crippen LogP contribution in [0, 0.1) is 12.8 Å². The molecule has 1 aromatic carbocycles. The van der Waals surface area contributed by atoms with Gasteiger partial charge in [0.15, 0.2) is 0 Å². The first-order valence-electron chi connectivity index (χ1n) is 9.37. The van der Waals surface area contributed by atoms with E-state index in [-0.39, 0.29) is 24.4 Å². The monoisotopic (exact) mass is 386 g/mol. The summed E-state index contributed by atoms with van der Waals surface area (Å²) in [6, 6.07) is 9.23. The van der Waals surface area contributed by atoms with Gasteiger partial charge in [-0.2, -0.15) is 5.10 Å². The fraction of sp³-hybridized carbons (Fsp3) is 0.450. The Labute approximate surface area is 163 Å². The second-order valence-corrected chi connectivity index (χ2v) is 7.90. The molecular formula is C20H23ClN4O2. The van der Waals surface area contributed by atoms with Gasteiger partial charge in [0.05, 0.1) is 17.9 Å². The van der Waals surface area contributed by atoms with E-state index in [0.29, 0.717) is 22.8 Å². The molecule has 0 unspecified atom stereocenters. The van der Waals surface area contributed by atoms with Crippen molar-refractivity contribution >= 4 is 23.5 Å². The van der Waals surface area contributed by atoms with Crippen LogP contribution >= 0.6 is 11.6 Å². The molecule has 1 N–H and O–H groups in total. The number of hydrogen-bond donors (Lipinski definition) is 1. The number of amides is 3. The van der Waals surface area contributed by atoms with Gasteiger partial charge in [-0.1, -0.05) is 49.6 Å². The zero-order chi connectivity index (χ0) is 19.2. The molecule has 1 aromatic heterocycles. The molecule has 2 atom stereocenters. The van der Waals surface area contributed by atoms with Crippen molar-refractivity contribution in [2.24, 2.45) is 5.92 Å². The van der Waals surface area contributed by atoms with Gasteiger partial charge in [-0.15, -0.1) is 0 Å². The Kier molecular flexibility index (Phi) is 4.46. The number of carbonyl (C=O) groups excluding carboxylic acids is 2. The van der Waals surface area contributed by atoms with Gasteiger partial charge in [-0.25, -0.2) is 9.48 Å². The Hall–Kier alpha value is -2.34. The van der Waals surface area contributed by atoms with Crippen molar-refractivity contribution in [2.45, 2.75) is 51.6 Å². The molecule has 142 valence electrons. The lowest BCUT2D eigenvalue weighted by Crippen LogP contribution is -2.53. The van der Waals surface area contributed by atoms with Gasteiger partial charge < -0.3 is 5.32 Å².